The first-order valence-electron chi connectivity index (χ1n) is 7.28. The molecule has 2 heterocycles. The van der Waals surface area contributed by atoms with Gasteiger partial charge in [0, 0.05) is 24.2 Å². The van der Waals surface area contributed by atoms with Crippen LogP contribution >= 0.6 is 11.3 Å². The van der Waals surface area contributed by atoms with E-state index in [1.807, 2.05) is 30.1 Å². The van der Waals surface area contributed by atoms with Crippen molar-refractivity contribution in [1.29, 1.82) is 0 Å². The minimum Gasteiger partial charge on any atom is -0.384 e. The van der Waals surface area contributed by atoms with Gasteiger partial charge in [0.25, 0.3) is 0 Å². The number of fused-ring (bicyclic) bond motifs is 1. The van der Waals surface area contributed by atoms with E-state index in [0.717, 1.165) is 18.7 Å². The molecule has 1 aromatic heterocycles. The van der Waals surface area contributed by atoms with Gasteiger partial charge in [-0.25, -0.2) is 0 Å². The molecule has 1 N–H and O–H groups in total. The molecule has 110 valence electrons. The lowest BCUT2D eigenvalue weighted by molar-refractivity contribution is -0.135. The average Bonchev–Trinajstić information content (AvgIpc) is 3.06. The van der Waals surface area contributed by atoms with Gasteiger partial charge in [0.2, 0.25) is 5.91 Å². The Morgan fingerprint density at radius 3 is 2.90 bits per heavy atom. The van der Waals surface area contributed by atoms with Crippen molar-refractivity contribution in [2.45, 2.75) is 19.4 Å². The van der Waals surface area contributed by atoms with Gasteiger partial charge in [0.1, 0.15) is 0 Å². The SMILES string of the molecule is CC(c1cccs1)N(C)C(=O)C1CNc2ccccc2C1. The van der Waals surface area contributed by atoms with Crippen LogP contribution in [0.1, 0.15) is 23.4 Å². The van der Waals surface area contributed by atoms with Crippen molar-refractivity contribution < 1.29 is 4.79 Å². The number of anilines is 1. The molecule has 1 aromatic carbocycles. The van der Waals surface area contributed by atoms with Gasteiger partial charge in [-0.1, -0.05) is 24.3 Å². The Hall–Kier alpha value is -1.81. The first-order chi connectivity index (χ1) is 10.2. The normalized spacial score (nSPS) is 18.5. The van der Waals surface area contributed by atoms with Gasteiger partial charge < -0.3 is 10.2 Å². The lowest BCUT2D eigenvalue weighted by Crippen LogP contribution is -2.40. The molecule has 1 aliphatic rings. The molecule has 21 heavy (non-hydrogen) atoms. The second-order valence-corrected chi connectivity index (χ2v) is 6.56. The highest BCUT2D eigenvalue weighted by atomic mass is 32.1. The zero-order valence-corrected chi connectivity index (χ0v) is 13.2. The number of carbonyl (C=O) groups is 1. The molecular formula is C17H20N2OS. The molecule has 2 atom stereocenters. The van der Waals surface area contributed by atoms with Crippen LogP contribution in [0.4, 0.5) is 5.69 Å². The number of nitrogens with zero attached hydrogens (tertiary/aromatic N) is 1. The molecule has 0 spiro atoms. The maximum absolute atomic E-state index is 12.7. The molecule has 0 saturated heterocycles. The molecule has 2 unspecified atom stereocenters. The van der Waals surface area contributed by atoms with Crippen LogP contribution in [-0.2, 0) is 11.2 Å². The van der Waals surface area contributed by atoms with Crippen LogP contribution in [0.15, 0.2) is 41.8 Å². The summed E-state index contributed by atoms with van der Waals surface area (Å²) in [6, 6.07) is 12.5. The Labute approximate surface area is 129 Å². The van der Waals surface area contributed by atoms with Crippen molar-refractivity contribution in [3.05, 3.63) is 52.2 Å². The predicted octanol–water partition coefficient (Wildman–Crippen LogP) is 3.55. The summed E-state index contributed by atoms with van der Waals surface area (Å²) < 4.78 is 0. The lowest BCUT2D eigenvalue weighted by Gasteiger charge is -2.31. The summed E-state index contributed by atoms with van der Waals surface area (Å²) in [7, 11) is 1.91. The molecule has 0 saturated carbocycles. The van der Waals surface area contributed by atoms with Crippen molar-refractivity contribution >= 4 is 22.9 Å². The quantitative estimate of drug-likeness (QED) is 0.940. The number of carbonyl (C=O) groups excluding carboxylic acids is 1. The van der Waals surface area contributed by atoms with Crippen LogP contribution in [0.25, 0.3) is 0 Å². The van der Waals surface area contributed by atoms with E-state index >= 15 is 0 Å². The molecule has 2 aromatic rings. The van der Waals surface area contributed by atoms with E-state index < -0.39 is 0 Å². The highest BCUT2D eigenvalue weighted by Crippen LogP contribution is 2.28. The maximum Gasteiger partial charge on any atom is 0.228 e. The number of para-hydroxylation sites is 1. The summed E-state index contributed by atoms with van der Waals surface area (Å²) in [6.45, 7) is 2.81. The lowest BCUT2D eigenvalue weighted by atomic mass is 9.92. The van der Waals surface area contributed by atoms with Crippen molar-refractivity contribution in [2.24, 2.45) is 5.92 Å². The number of amides is 1. The van der Waals surface area contributed by atoms with Crippen LogP contribution in [0.3, 0.4) is 0 Å². The predicted molar refractivity (Wildman–Crippen MR) is 87.6 cm³/mol. The Bertz CT molecular complexity index is 623. The fraction of sp³-hybridized carbons (Fsp3) is 0.353. The molecule has 3 nitrogen and oxygen atoms in total. The minimum absolute atomic E-state index is 0.0207. The summed E-state index contributed by atoms with van der Waals surface area (Å²) >= 11 is 1.70. The number of benzene rings is 1. The summed E-state index contributed by atoms with van der Waals surface area (Å²) in [6.07, 6.45) is 0.823. The fourth-order valence-electron chi connectivity index (χ4n) is 2.81. The number of thiophene rings is 1. The smallest absolute Gasteiger partial charge is 0.228 e. The highest BCUT2D eigenvalue weighted by molar-refractivity contribution is 7.10. The molecule has 0 bridgehead atoms. The van der Waals surface area contributed by atoms with E-state index in [0.29, 0.717) is 0 Å². The zero-order chi connectivity index (χ0) is 14.8. The summed E-state index contributed by atoms with van der Waals surface area (Å²) in [4.78, 5) is 15.8. The number of nitrogens with one attached hydrogen (secondary N) is 1. The molecule has 1 amide bonds. The van der Waals surface area contributed by atoms with Gasteiger partial charge in [-0.2, -0.15) is 0 Å². The Kier molecular flexibility index (Phi) is 3.97. The van der Waals surface area contributed by atoms with Crippen LogP contribution in [0, 0.1) is 5.92 Å². The van der Waals surface area contributed by atoms with Crippen molar-refractivity contribution in [2.75, 3.05) is 18.9 Å². The second-order valence-electron chi connectivity index (χ2n) is 5.58. The van der Waals surface area contributed by atoms with Crippen LogP contribution in [0.5, 0.6) is 0 Å². The first-order valence-corrected chi connectivity index (χ1v) is 8.16. The van der Waals surface area contributed by atoms with Crippen molar-refractivity contribution in [3.8, 4) is 0 Å². The first kappa shape index (κ1) is 14.1. The Morgan fingerprint density at radius 2 is 2.14 bits per heavy atom. The van der Waals surface area contributed by atoms with E-state index in [-0.39, 0.29) is 17.9 Å². The van der Waals surface area contributed by atoms with Crippen LogP contribution in [-0.4, -0.2) is 24.4 Å². The topological polar surface area (TPSA) is 32.3 Å². The largest absolute Gasteiger partial charge is 0.384 e. The standard InChI is InChI=1S/C17H20N2OS/c1-12(16-8-5-9-21-16)19(2)17(20)14-10-13-6-3-4-7-15(13)18-11-14/h3-9,12,14,18H,10-11H2,1-2H3. The van der Waals surface area contributed by atoms with E-state index in [4.69, 9.17) is 0 Å². The van der Waals surface area contributed by atoms with Crippen LogP contribution < -0.4 is 5.32 Å². The van der Waals surface area contributed by atoms with Gasteiger partial charge in [0.15, 0.2) is 0 Å². The van der Waals surface area contributed by atoms with Crippen LogP contribution in [0.2, 0.25) is 0 Å². The second kappa shape index (κ2) is 5.90. The van der Waals surface area contributed by atoms with Gasteiger partial charge in [-0.3, -0.25) is 4.79 Å². The molecule has 3 rings (SSSR count). The number of hydrogen-bond acceptors (Lipinski definition) is 3. The Balaban J connectivity index is 1.71. The van der Waals surface area contributed by atoms with E-state index in [2.05, 4.69) is 35.8 Å². The van der Waals surface area contributed by atoms with E-state index in [9.17, 15) is 4.79 Å². The summed E-state index contributed by atoms with van der Waals surface area (Å²) in [5.74, 6) is 0.241. The fourth-order valence-corrected chi connectivity index (χ4v) is 3.64. The third-order valence-electron chi connectivity index (χ3n) is 4.26. The van der Waals surface area contributed by atoms with E-state index in [1.54, 1.807) is 11.3 Å². The molecular weight excluding hydrogens is 280 g/mol. The molecule has 0 aliphatic carbocycles. The average molecular weight is 300 g/mol. The monoisotopic (exact) mass is 300 g/mol. The van der Waals surface area contributed by atoms with Gasteiger partial charge in [-0.15, -0.1) is 11.3 Å². The zero-order valence-electron chi connectivity index (χ0n) is 12.4. The number of hydrogen-bond donors (Lipinski definition) is 1. The maximum atomic E-state index is 12.7. The summed E-state index contributed by atoms with van der Waals surface area (Å²) in [5, 5.41) is 5.44. The van der Waals surface area contributed by atoms with Crippen molar-refractivity contribution in [1.82, 2.24) is 4.90 Å². The highest BCUT2D eigenvalue weighted by Gasteiger charge is 2.29. The van der Waals surface area contributed by atoms with Gasteiger partial charge in [-0.05, 0) is 36.4 Å². The third kappa shape index (κ3) is 2.81. The molecule has 0 radical (unpaired) electrons. The van der Waals surface area contributed by atoms with E-state index in [1.165, 1.54) is 10.4 Å². The molecule has 0 fully saturated rings. The molecule has 4 heteroatoms. The van der Waals surface area contributed by atoms with Gasteiger partial charge in [0.05, 0.1) is 12.0 Å². The minimum atomic E-state index is 0.0207. The number of rotatable bonds is 3. The third-order valence-corrected chi connectivity index (χ3v) is 5.30. The Morgan fingerprint density at radius 1 is 1.33 bits per heavy atom. The molecule has 1 aliphatic heterocycles. The van der Waals surface area contributed by atoms with Gasteiger partial charge >= 0.3 is 0 Å². The van der Waals surface area contributed by atoms with Crippen molar-refractivity contribution in [3.63, 3.8) is 0 Å². The summed E-state index contributed by atoms with van der Waals surface area (Å²) in [5.41, 5.74) is 2.40.